The Kier molecular flexibility index (Phi) is 8.42. The number of carbonyl (C=O) groups excluding carboxylic acids is 3. The summed E-state index contributed by atoms with van der Waals surface area (Å²) < 4.78 is 0. The molecule has 3 rings (SSSR count). The average Bonchev–Trinajstić information content (AvgIpc) is 2.81. The van der Waals surface area contributed by atoms with E-state index in [1.165, 1.54) is 6.42 Å². The summed E-state index contributed by atoms with van der Waals surface area (Å²) in [5, 5.41) is 5.78. The van der Waals surface area contributed by atoms with Gasteiger partial charge in [0.1, 0.15) is 6.04 Å². The molecule has 170 valence electrons. The Morgan fingerprint density at radius 3 is 2.34 bits per heavy atom. The molecule has 1 aliphatic heterocycles. The minimum absolute atomic E-state index is 0.0426. The maximum atomic E-state index is 13.0. The van der Waals surface area contributed by atoms with E-state index in [-0.39, 0.29) is 30.2 Å². The Morgan fingerprint density at radius 1 is 0.938 bits per heavy atom. The Balaban J connectivity index is 1.66. The van der Waals surface area contributed by atoms with Crippen LogP contribution in [-0.4, -0.2) is 35.7 Å². The van der Waals surface area contributed by atoms with Crippen molar-refractivity contribution in [3.8, 4) is 0 Å². The molecule has 0 aromatic heterocycles. The third-order valence-corrected chi connectivity index (χ3v) is 5.58. The summed E-state index contributed by atoms with van der Waals surface area (Å²) in [4.78, 5) is 40.0. The zero-order valence-electron chi connectivity index (χ0n) is 19.0. The van der Waals surface area contributed by atoms with Gasteiger partial charge in [0.05, 0.1) is 0 Å². The van der Waals surface area contributed by atoms with Gasteiger partial charge in [0, 0.05) is 31.6 Å². The van der Waals surface area contributed by atoms with Crippen LogP contribution in [0.1, 0.15) is 67.1 Å². The highest BCUT2D eigenvalue weighted by Gasteiger charge is 2.23. The fourth-order valence-corrected chi connectivity index (χ4v) is 3.92. The largest absolute Gasteiger partial charge is 0.350 e. The van der Waals surface area contributed by atoms with Crippen LogP contribution in [0.15, 0.2) is 54.6 Å². The second kappa shape index (κ2) is 11.5. The quantitative estimate of drug-likeness (QED) is 0.661. The molecular weight excluding hydrogens is 402 g/mol. The molecule has 0 spiro atoms. The highest BCUT2D eigenvalue weighted by Crippen LogP contribution is 2.16. The molecule has 1 aliphatic rings. The number of likely N-dealkylation sites (tertiary alicyclic amines) is 1. The molecule has 2 N–H and O–H groups in total. The van der Waals surface area contributed by atoms with Crippen molar-refractivity contribution in [2.24, 2.45) is 5.92 Å². The van der Waals surface area contributed by atoms with Crippen molar-refractivity contribution in [2.45, 2.75) is 52.1 Å². The Morgan fingerprint density at radius 2 is 1.66 bits per heavy atom. The Labute approximate surface area is 190 Å². The van der Waals surface area contributed by atoms with Gasteiger partial charge >= 0.3 is 0 Å². The number of benzene rings is 2. The van der Waals surface area contributed by atoms with Gasteiger partial charge in [-0.3, -0.25) is 14.4 Å². The molecule has 3 amide bonds. The lowest BCUT2D eigenvalue weighted by molar-refractivity contribution is -0.129. The first-order valence-corrected chi connectivity index (χ1v) is 11.4. The van der Waals surface area contributed by atoms with Crippen molar-refractivity contribution in [2.75, 3.05) is 13.1 Å². The van der Waals surface area contributed by atoms with Crippen molar-refractivity contribution >= 4 is 17.7 Å². The number of nitrogens with one attached hydrogen (secondary N) is 2. The lowest BCUT2D eigenvalue weighted by atomic mass is 10.0. The van der Waals surface area contributed by atoms with Crippen molar-refractivity contribution in [1.82, 2.24) is 15.5 Å². The number of nitrogens with zero attached hydrogens (tertiary/aromatic N) is 1. The predicted molar refractivity (Wildman–Crippen MR) is 125 cm³/mol. The minimum atomic E-state index is -0.763. The van der Waals surface area contributed by atoms with Crippen LogP contribution in [0.3, 0.4) is 0 Å². The Bertz CT molecular complexity index is 921. The molecule has 2 aromatic rings. The molecule has 0 saturated carbocycles. The van der Waals surface area contributed by atoms with E-state index in [0.29, 0.717) is 12.0 Å². The van der Waals surface area contributed by atoms with E-state index in [4.69, 9.17) is 0 Å². The van der Waals surface area contributed by atoms with E-state index in [1.807, 2.05) is 73.3 Å². The van der Waals surface area contributed by atoms with Gasteiger partial charge < -0.3 is 15.5 Å². The van der Waals surface area contributed by atoms with Crippen LogP contribution in [-0.2, 0) is 16.1 Å². The standard InChI is InChI=1S/C26H33N3O3/c1-19(2)16-23(30)28-24(21-11-5-3-6-12-21)25(31)27-18-20-10-9-13-22(17-20)26(32)29-14-7-4-8-15-29/h3,5-6,9-13,17,19,24H,4,7-8,14-16,18H2,1-2H3,(H,27,31)(H,28,30). The number of carbonyl (C=O) groups is 3. The van der Waals surface area contributed by atoms with Crippen LogP contribution in [0.25, 0.3) is 0 Å². The predicted octanol–water partition coefficient (Wildman–Crippen LogP) is 3.83. The van der Waals surface area contributed by atoms with Crippen LogP contribution in [0.4, 0.5) is 0 Å². The first kappa shape index (κ1) is 23.5. The number of hydrogen-bond donors (Lipinski definition) is 2. The highest BCUT2D eigenvalue weighted by molar-refractivity contribution is 5.94. The first-order chi connectivity index (χ1) is 15.4. The smallest absolute Gasteiger partial charge is 0.253 e. The van der Waals surface area contributed by atoms with Gasteiger partial charge in [0.15, 0.2) is 0 Å². The molecule has 1 fully saturated rings. The van der Waals surface area contributed by atoms with Crippen LogP contribution < -0.4 is 10.6 Å². The SMILES string of the molecule is CC(C)CC(=O)NC(C(=O)NCc1cccc(C(=O)N2CCCCC2)c1)c1ccccc1. The molecule has 0 aliphatic carbocycles. The minimum Gasteiger partial charge on any atom is -0.350 e. The molecule has 1 atom stereocenters. The fourth-order valence-electron chi connectivity index (χ4n) is 3.92. The van der Waals surface area contributed by atoms with Gasteiger partial charge in [-0.2, -0.15) is 0 Å². The molecule has 6 nitrogen and oxygen atoms in total. The van der Waals surface area contributed by atoms with Crippen molar-refractivity contribution in [3.05, 3.63) is 71.3 Å². The molecule has 6 heteroatoms. The van der Waals surface area contributed by atoms with Gasteiger partial charge in [-0.1, -0.05) is 56.3 Å². The molecule has 0 bridgehead atoms. The monoisotopic (exact) mass is 435 g/mol. The summed E-state index contributed by atoms with van der Waals surface area (Å²) >= 11 is 0. The van der Waals surface area contributed by atoms with E-state index < -0.39 is 6.04 Å². The number of rotatable bonds is 8. The summed E-state index contributed by atoms with van der Waals surface area (Å²) in [6, 6.07) is 15.9. The summed E-state index contributed by atoms with van der Waals surface area (Å²) in [6.07, 6.45) is 3.62. The summed E-state index contributed by atoms with van der Waals surface area (Å²) in [5.41, 5.74) is 2.22. The van der Waals surface area contributed by atoms with E-state index in [0.717, 1.165) is 37.1 Å². The molecule has 2 aromatic carbocycles. The maximum Gasteiger partial charge on any atom is 0.253 e. The van der Waals surface area contributed by atoms with Gasteiger partial charge in [-0.05, 0) is 48.4 Å². The van der Waals surface area contributed by atoms with Crippen molar-refractivity contribution < 1.29 is 14.4 Å². The number of hydrogen-bond acceptors (Lipinski definition) is 3. The zero-order valence-corrected chi connectivity index (χ0v) is 19.0. The summed E-state index contributed by atoms with van der Waals surface area (Å²) in [6.45, 7) is 5.82. The lowest BCUT2D eigenvalue weighted by Crippen LogP contribution is -2.40. The zero-order chi connectivity index (χ0) is 22.9. The van der Waals surface area contributed by atoms with Crippen LogP contribution in [0.5, 0.6) is 0 Å². The normalized spacial score (nSPS) is 14.7. The number of piperidine rings is 1. The molecule has 32 heavy (non-hydrogen) atoms. The second-order valence-corrected chi connectivity index (χ2v) is 8.78. The fraction of sp³-hybridized carbons (Fsp3) is 0.423. The number of amides is 3. The maximum absolute atomic E-state index is 13.0. The first-order valence-electron chi connectivity index (χ1n) is 11.4. The van der Waals surface area contributed by atoms with E-state index in [9.17, 15) is 14.4 Å². The van der Waals surface area contributed by atoms with E-state index >= 15 is 0 Å². The Hall–Kier alpha value is -3.15. The lowest BCUT2D eigenvalue weighted by Gasteiger charge is -2.26. The van der Waals surface area contributed by atoms with Crippen LogP contribution in [0.2, 0.25) is 0 Å². The van der Waals surface area contributed by atoms with Crippen LogP contribution >= 0.6 is 0 Å². The molecular formula is C26H33N3O3. The topological polar surface area (TPSA) is 78.5 Å². The second-order valence-electron chi connectivity index (χ2n) is 8.78. The van der Waals surface area contributed by atoms with Gasteiger partial charge in [0.2, 0.25) is 11.8 Å². The third kappa shape index (κ3) is 6.67. The average molecular weight is 436 g/mol. The summed E-state index contributed by atoms with van der Waals surface area (Å²) in [7, 11) is 0. The van der Waals surface area contributed by atoms with Gasteiger partial charge in [-0.25, -0.2) is 0 Å². The highest BCUT2D eigenvalue weighted by atomic mass is 16.2. The van der Waals surface area contributed by atoms with Gasteiger partial charge in [-0.15, -0.1) is 0 Å². The molecule has 0 radical (unpaired) electrons. The van der Waals surface area contributed by atoms with E-state index in [1.54, 1.807) is 0 Å². The molecule has 1 saturated heterocycles. The molecule has 1 heterocycles. The molecule has 1 unspecified atom stereocenters. The van der Waals surface area contributed by atoms with Gasteiger partial charge in [0.25, 0.3) is 5.91 Å². The third-order valence-electron chi connectivity index (χ3n) is 5.58. The van der Waals surface area contributed by atoms with Crippen molar-refractivity contribution in [3.63, 3.8) is 0 Å². The van der Waals surface area contributed by atoms with Crippen molar-refractivity contribution in [1.29, 1.82) is 0 Å². The van der Waals surface area contributed by atoms with E-state index in [2.05, 4.69) is 10.6 Å². The van der Waals surface area contributed by atoms with Crippen LogP contribution in [0, 0.1) is 5.92 Å². The summed E-state index contributed by atoms with van der Waals surface area (Å²) in [5.74, 6) is -0.185.